The van der Waals surface area contributed by atoms with Gasteiger partial charge in [0, 0.05) is 11.5 Å². The summed E-state index contributed by atoms with van der Waals surface area (Å²) in [4.78, 5) is 0. The molecule has 30 heavy (non-hydrogen) atoms. The zero-order valence-corrected chi connectivity index (χ0v) is 16.1. The molecule has 146 valence electrons. The van der Waals surface area contributed by atoms with Crippen LogP contribution in [-0.4, -0.2) is 20.5 Å². The highest BCUT2D eigenvalue weighted by Crippen LogP contribution is 2.46. The number of halogens is 1. The monoisotopic (exact) mass is 395 g/mol. The fourth-order valence-electron chi connectivity index (χ4n) is 4.38. The fourth-order valence-corrected chi connectivity index (χ4v) is 4.38. The maximum Gasteiger partial charge on any atom is 0.132 e. The smallest absolute Gasteiger partial charge is 0.132 e. The van der Waals surface area contributed by atoms with Crippen molar-refractivity contribution in [2.75, 3.05) is 0 Å². The van der Waals surface area contributed by atoms with Gasteiger partial charge in [-0.05, 0) is 61.2 Å². The van der Waals surface area contributed by atoms with Gasteiger partial charge in [-0.2, -0.15) is 10.4 Å². The first-order valence-corrected chi connectivity index (χ1v) is 9.85. The molecule has 0 radical (unpaired) electrons. The number of rotatable bonds is 1. The van der Waals surface area contributed by atoms with Crippen molar-refractivity contribution in [3.63, 3.8) is 0 Å². The average molecular weight is 395 g/mol. The van der Waals surface area contributed by atoms with Gasteiger partial charge >= 0.3 is 0 Å². The molecule has 0 amide bonds. The molecule has 0 saturated heterocycles. The largest absolute Gasteiger partial charge is 0.377 e. The number of aliphatic hydroxyl groups is 1. The fraction of sp³-hybridized carbons (Fsp3) is 0.200. The number of aromatic nitrogens is 2. The van der Waals surface area contributed by atoms with Crippen molar-refractivity contribution in [2.45, 2.75) is 24.9 Å². The molecular formula is C25H18FN3O. The zero-order chi connectivity index (χ0) is 20.7. The van der Waals surface area contributed by atoms with Gasteiger partial charge in [0.15, 0.2) is 0 Å². The van der Waals surface area contributed by atoms with Crippen LogP contribution in [0, 0.1) is 34.9 Å². The van der Waals surface area contributed by atoms with E-state index in [9.17, 15) is 14.8 Å². The van der Waals surface area contributed by atoms with Gasteiger partial charge in [-0.25, -0.2) is 9.07 Å². The van der Waals surface area contributed by atoms with E-state index in [1.54, 1.807) is 0 Å². The summed E-state index contributed by atoms with van der Waals surface area (Å²) in [6.45, 7) is 0. The predicted octanol–water partition coefficient (Wildman–Crippen LogP) is 4.02. The molecule has 1 aromatic heterocycles. The normalized spacial score (nSPS) is 21.6. The van der Waals surface area contributed by atoms with Gasteiger partial charge in [-0.3, -0.25) is 0 Å². The molecule has 2 aliphatic rings. The highest BCUT2D eigenvalue weighted by molar-refractivity contribution is 5.62. The van der Waals surface area contributed by atoms with Crippen LogP contribution in [0.15, 0.2) is 60.3 Å². The lowest BCUT2D eigenvalue weighted by Crippen LogP contribution is -2.34. The third-order valence-electron chi connectivity index (χ3n) is 5.97. The van der Waals surface area contributed by atoms with Crippen LogP contribution in [0.4, 0.5) is 4.39 Å². The topological polar surface area (TPSA) is 61.8 Å². The number of nitriles is 1. The molecule has 5 rings (SSSR count). The Bertz CT molecular complexity index is 1270. The molecule has 1 heterocycles. The van der Waals surface area contributed by atoms with Crippen LogP contribution < -0.4 is 0 Å². The number of hydrogen-bond acceptors (Lipinski definition) is 3. The standard InChI is InChI=1S/C25H18FN3O/c26-21-7-6-17(19(12-21)15-27)8-10-25(30)11-9-18-14-24-20(13-23(18)25)16-28-29(24)22-4-2-1-3-5-22/h1-7,12,14,16,23,30H,9,11,13H2/t23?,25-/m0/s1. The summed E-state index contributed by atoms with van der Waals surface area (Å²) in [7, 11) is 0. The molecule has 2 aromatic carbocycles. The number of hydrogen-bond donors (Lipinski definition) is 1. The van der Waals surface area contributed by atoms with Crippen molar-refractivity contribution in [2.24, 2.45) is 5.92 Å². The lowest BCUT2D eigenvalue weighted by Gasteiger charge is -2.28. The van der Waals surface area contributed by atoms with E-state index in [1.165, 1.54) is 18.2 Å². The molecular weight excluding hydrogens is 377 g/mol. The van der Waals surface area contributed by atoms with Crippen molar-refractivity contribution in [3.05, 3.63) is 88.5 Å². The lowest BCUT2D eigenvalue weighted by atomic mass is 9.80. The number of benzene rings is 2. The molecule has 1 fully saturated rings. The van der Waals surface area contributed by atoms with Crippen LogP contribution in [0.5, 0.6) is 0 Å². The minimum Gasteiger partial charge on any atom is -0.377 e. The molecule has 2 aliphatic carbocycles. The molecule has 1 unspecified atom stereocenters. The van der Waals surface area contributed by atoms with E-state index < -0.39 is 11.4 Å². The van der Waals surface area contributed by atoms with Crippen LogP contribution in [0.25, 0.3) is 11.8 Å². The minimum absolute atomic E-state index is 0.114. The molecule has 1 saturated carbocycles. The van der Waals surface area contributed by atoms with E-state index in [0.717, 1.165) is 28.9 Å². The Morgan fingerprint density at radius 3 is 2.80 bits per heavy atom. The van der Waals surface area contributed by atoms with Crippen molar-refractivity contribution in [1.82, 2.24) is 9.78 Å². The summed E-state index contributed by atoms with van der Waals surface area (Å²) in [6.07, 6.45) is 5.93. The zero-order valence-electron chi connectivity index (χ0n) is 16.1. The molecule has 0 bridgehead atoms. The Balaban J connectivity index is 1.48. The average Bonchev–Trinajstić information content (AvgIpc) is 3.33. The second-order valence-corrected chi connectivity index (χ2v) is 7.75. The van der Waals surface area contributed by atoms with Gasteiger partial charge < -0.3 is 5.11 Å². The van der Waals surface area contributed by atoms with Crippen LogP contribution in [0.1, 0.15) is 35.2 Å². The highest BCUT2D eigenvalue weighted by Gasteiger charge is 2.45. The second-order valence-electron chi connectivity index (χ2n) is 7.75. The lowest BCUT2D eigenvalue weighted by molar-refractivity contribution is 0.0688. The number of para-hydroxylation sites is 1. The van der Waals surface area contributed by atoms with Gasteiger partial charge in [0.1, 0.15) is 17.5 Å². The summed E-state index contributed by atoms with van der Waals surface area (Å²) in [5, 5.41) is 25.1. The van der Waals surface area contributed by atoms with E-state index in [-0.39, 0.29) is 11.5 Å². The summed E-state index contributed by atoms with van der Waals surface area (Å²) in [5.41, 5.74) is 3.72. The molecule has 5 heteroatoms. The Hall–Kier alpha value is -3.67. The van der Waals surface area contributed by atoms with Gasteiger partial charge in [-0.1, -0.05) is 35.6 Å². The third kappa shape index (κ3) is 3.01. The van der Waals surface area contributed by atoms with E-state index >= 15 is 0 Å². The first-order valence-electron chi connectivity index (χ1n) is 9.85. The van der Waals surface area contributed by atoms with Crippen molar-refractivity contribution in [3.8, 4) is 23.6 Å². The molecule has 1 N–H and O–H groups in total. The molecule has 0 spiro atoms. The minimum atomic E-state index is -1.18. The van der Waals surface area contributed by atoms with Gasteiger partial charge in [0.2, 0.25) is 0 Å². The van der Waals surface area contributed by atoms with Crippen molar-refractivity contribution in [1.29, 1.82) is 5.26 Å². The van der Waals surface area contributed by atoms with Crippen LogP contribution in [0.2, 0.25) is 0 Å². The van der Waals surface area contributed by atoms with Crippen LogP contribution in [-0.2, 0) is 6.42 Å². The number of fused-ring (bicyclic) bond motifs is 2. The Morgan fingerprint density at radius 1 is 1.17 bits per heavy atom. The molecule has 3 aromatic rings. The van der Waals surface area contributed by atoms with Crippen molar-refractivity contribution >= 4 is 6.08 Å². The van der Waals surface area contributed by atoms with Crippen LogP contribution in [0.3, 0.4) is 0 Å². The van der Waals surface area contributed by atoms with Gasteiger partial charge in [0.25, 0.3) is 0 Å². The SMILES string of the molecule is N#Cc1cc(F)ccc1C#C[C@]1(O)CCC2=Cc3c(cnn3-c3ccccc3)CC21. The van der Waals surface area contributed by atoms with Gasteiger partial charge in [0.05, 0.1) is 23.1 Å². The first kappa shape index (κ1) is 18.4. The molecule has 2 atom stereocenters. The van der Waals surface area contributed by atoms with Gasteiger partial charge in [-0.15, -0.1) is 0 Å². The molecule has 4 nitrogen and oxygen atoms in total. The summed E-state index contributed by atoms with van der Waals surface area (Å²) in [6, 6.07) is 15.9. The van der Waals surface area contributed by atoms with E-state index in [2.05, 4.69) is 23.0 Å². The van der Waals surface area contributed by atoms with E-state index in [1.807, 2.05) is 47.3 Å². The predicted molar refractivity (Wildman–Crippen MR) is 111 cm³/mol. The maximum absolute atomic E-state index is 13.4. The first-order chi connectivity index (χ1) is 14.6. The second kappa shape index (κ2) is 6.99. The van der Waals surface area contributed by atoms with Crippen LogP contribution >= 0.6 is 0 Å². The quantitative estimate of drug-likeness (QED) is 0.633. The Morgan fingerprint density at radius 2 is 2.00 bits per heavy atom. The number of nitrogens with zero attached hydrogens (tertiary/aromatic N) is 3. The van der Waals surface area contributed by atoms with E-state index in [0.29, 0.717) is 18.4 Å². The maximum atomic E-state index is 13.4. The highest BCUT2D eigenvalue weighted by atomic mass is 19.1. The summed E-state index contributed by atoms with van der Waals surface area (Å²) < 4.78 is 15.3. The van der Waals surface area contributed by atoms with E-state index in [4.69, 9.17) is 0 Å². The third-order valence-corrected chi connectivity index (χ3v) is 5.97. The Labute approximate surface area is 173 Å². The molecule has 0 aliphatic heterocycles. The summed E-state index contributed by atoms with van der Waals surface area (Å²) >= 11 is 0. The summed E-state index contributed by atoms with van der Waals surface area (Å²) in [5.74, 6) is 5.34. The Kier molecular flexibility index (Phi) is 4.28. The van der Waals surface area contributed by atoms with Crippen molar-refractivity contribution < 1.29 is 9.50 Å².